The number of ether oxygens (including phenoxy) is 1. The fourth-order valence-electron chi connectivity index (χ4n) is 3.60. The second-order valence-electron chi connectivity index (χ2n) is 8.01. The largest absolute Gasteiger partial charge is 0.378 e. The smallest absolute Gasteiger partial charge is 0.255 e. The topological polar surface area (TPSA) is 106 Å². The summed E-state index contributed by atoms with van der Waals surface area (Å²) in [5, 5.41) is 5.78. The SMILES string of the molecule is CCOC1CC(N)(C(=O)Nc2ccc(C)c(NC(=O)c3ccncc3)c2)C1(C)C.Cl.Cl. The Morgan fingerprint density at radius 2 is 1.81 bits per heavy atom. The van der Waals surface area contributed by atoms with Crippen LogP contribution < -0.4 is 16.4 Å². The monoisotopic (exact) mass is 468 g/mol. The fourth-order valence-corrected chi connectivity index (χ4v) is 3.60. The Morgan fingerprint density at radius 3 is 2.39 bits per heavy atom. The molecule has 1 aliphatic rings. The lowest BCUT2D eigenvalue weighted by molar-refractivity contribution is -0.166. The van der Waals surface area contributed by atoms with Crippen LogP contribution >= 0.6 is 24.8 Å². The molecule has 0 saturated heterocycles. The Labute approximate surface area is 195 Å². The molecule has 31 heavy (non-hydrogen) atoms. The molecule has 0 radical (unpaired) electrons. The molecule has 1 heterocycles. The van der Waals surface area contributed by atoms with Gasteiger partial charge in [0.1, 0.15) is 5.54 Å². The molecule has 2 amide bonds. The number of amides is 2. The summed E-state index contributed by atoms with van der Waals surface area (Å²) in [6.45, 7) is 8.31. The lowest BCUT2D eigenvalue weighted by Crippen LogP contribution is -2.74. The Bertz CT molecular complexity index is 924. The number of hydrogen-bond donors (Lipinski definition) is 3. The highest BCUT2D eigenvalue weighted by Crippen LogP contribution is 2.50. The van der Waals surface area contributed by atoms with E-state index in [-0.39, 0.29) is 42.7 Å². The van der Waals surface area contributed by atoms with Crippen LogP contribution in [0.4, 0.5) is 11.4 Å². The van der Waals surface area contributed by atoms with E-state index < -0.39 is 11.0 Å². The van der Waals surface area contributed by atoms with E-state index in [1.807, 2.05) is 33.8 Å². The summed E-state index contributed by atoms with van der Waals surface area (Å²) in [5.41, 5.74) is 7.54. The number of benzene rings is 1. The molecule has 3 rings (SSSR count). The first kappa shape index (κ1) is 26.8. The summed E-state index contributed by atoms with van der Waals surface area (Å²) in [6, 6.07) is 8.66. The summed E-state index contributed by atoms with van der Waals surface area (Å²) in [7, 11) is 0. The molecular formula is C22H30Cl2N4O3. The van der Waals surface area contributed by atoms with Gasteiger partial charge in [-0.2, -0.15) is 0 Å². The Balaban J connectivity index is 0.00000240. The summed E-state index contributed by atoms with van der Waals surface area (Å²) in [4.78, 5) is 29.3. The average molecular weight is 469 g/mol. The Hall–Kier alpha value is -2.19. The molecule has 1 aromatic carbocycles. The molecule has 0 bridgehead atoms. The lowest BCUT2D eigenvalue weighted by Gasteiger charge is -2.57. The predicted molar refractivity (Wildman–Crippen MR) is 127 cm³/mol. The average Bonchev–Trinajstić information content (AvgIpc) is 2.70. The van der Waals surface area contributed by atoms with Gasteiger partial charge in [0, 0.05) is 47.8 Å². The first-order chi connectivity index (χ1) is 13.7. The summed E-state index contributed by atoms with van der Waals surface area (Å²) in [5.74, 6) is -0.498. The molecule has 1 fully saturated rings. The standard InChI is InChI=1S/C22H28N4O3.2ClH/c1-5-29-18-13-22(23,21(18,3)4)20(28)25-16-7-6-14(2)17(12-16)26-19(27)15-8-10-24-11-9-15;;/h6-12,18H,5,13,23H2,1-4H3,(H,25,28)(H,26,27);2*1H. The Kier molecular flexibility index (Phi) is 9.02. The number of hydrogen-bond acceptors (Lipinski definition) is 5. The number of halogens is 2. The van der Waals surface area contributed by atoms with Crippen molar-refractivity contribution in [1.29, 1.82) is 0 Å². The van der Waals surface area contributed by atoms with Gasteiger partial charge in [0.05, 0.1) is 6.10 Å². The van der Waals surface area contributed by atoms with Crippen molar-refractivity contribution in [3.63, 3.8) is 0 Å². The number of aromatic nitrogens is 1. The molecule has 2 aromatic rings. The van der Waals surface area contributed by atoms with Crippen LogP contribution in [0.25, 0.3) is 0 Å². The molecule has 4 N–H and O–H groups in total. The van der Waals surface area contributed by atoms with E-state index in [2.05, 4.69) is 15.6 Å². The zero-order chi connectivity index (χ0) is 21.2. The van der Waals surface area contributed by atoms with Crippen molar-refractivity contribution < 1.29 is 14.3 Å². The molecule has 170 valence electrons. The highest BCUT2D eigenvalue weighted by atomic mass is 35.5. The minimum Gasteiger partial charge on any atom is -0.378 e. The molecule has 2 unspecified atom stereocenters. The van der Waals surface area contributed by atoms with E-state index in [9.17, 15) is 9.59 Å². The van der Waals surface area contributed by atoms with Crippen LogP contribution in [0.3, 0.4) is 0 Å². The predicted octanol–water partition coefficient (Wildman–Crippen LogP) is 3.96. The van der Waals surface area contributed by atoms with Gasteiger partial charge in [0.15, 0.2) is 0 Å². The summed E-state index contributed by atoms with van der Waals surface area (Å²) >= 11 is 0. The number of anilines is 2. The zero-order valence-electron chi connectivity index (χ0n) is 18.1. The third-order valence-corrected chi connectivity index (χ3v) is 5.92. The van der Waals surface area contributed by atoms with E-state index in [1.54, 1.807) is 36.7 Å². The van der Waals surface area contributed by atoms with Crippen molar-refractivity contribution in [3.05, 3.63) is 53.9 Å². The first-order valence-electron chi connectivity index (χ1n) is 9.73. The number of pyridine rings is 1. The van der Waals surface area contributed by atoms with Gasteiger partial charge in [0.25, 0.3) is 5.91 Å². The number of aryl methyl sites for hydroxylation is 1. The van der Waals surface area contributed by atoms with Crippen molar-refractivity contribution in [1.82, 2.24) is 4.98 Å². The van der Waals surface area contributed by atoms with Crippen molar-refractivity contribution in [2.45, 2.75) is 45.8 Å². The minimum absolute atomic E-state index is 0. The van der Waals surface area contributed by atoms with Crippen molar-refractivity contribution in [2.24, 2.45) is 11.1 Å². The highest BCUT2D eigenvalue weighted by molar-refractivity contribution is 6.05. The quantitative estimate of drug-likeness (QED) is 0.594. The van der Waals surface area contributed by atoms with Crippen LogP contribution in [0, 0.1) is 12.3 Å². The number of carbonyl (C=O) groups is 2. The van der Waals surface area contributed by atoms with Crippen LogP contribution in [0.2, 0.25) is 0 Å². The van der Waals surface area contributed by atoms with Crippen LogP contribution in [0.1, 0.15) is 43.1 Å². The molecule has 7 nitrogen and oxygen atoms in total. The maximum Gasteiger partial charge on any atom is 0.255 e. The number of nitrogens with zero attached hydrogens (tertiary/aromatic N) is 1. The number of nitrogens with one attached hydrogen (secondary N) is 2. The minimum atomic E-state index is -1.02. The van der Waals surface area contributed by atoms with Crippen molar-refractivity contribution >= 4 is 48.0 Å². The molecule has 9 heteroatoms. The van der Waals surface area contributed by atoms with Crippen molar-refractivity contribution in [2.75, 3.05) is 17.2 Å². The summed E-state index contributed by atoms with van der Waals surface area (Å²) < 4.78 is 5.70. The first-order valence-corrected chi connectivity index (χ1v) is 9.73. The third kappa shape index (κ3) is 5.18. The van der Waals surface area contributed by atoms with Gasteiger partial charge in [-0.05, 0) is 43.7 Å². The van der Waals surface area contributed by atoms with Crippen molar-refractivity contribution in [3.8, 4) is 0 Å². The third-order valence-electron chi connectivity index (χ3n) is 5.92. The molecule has 0 spiro atoms. The van der Waals surface area contributed by atoms with E-state index in [4.69, 9.17) is 10.5 Å². The maximum absolute atomic E-state index is 12.9. The molecule has 0 aliphatic heterocycles. The van der Waals surface area contributed by atoms with E-state index in [1.165, 1.54) is 0 Å². The van der Waals surface area contributed by atoms with Gasteiger partial charge in [-0.3, -0.25) is 14.6 Å². The zero-order valence-corrected chi connectivity index (χ0v) is 19.7. The fraction of sp³-hybridized carbons (Fsp3) is 0.409. The van der Waals surface area contributed by atoms with Gasteiger partial charge in [-0.15, -0.1) is 24.8 Å². The number of rotatable bonds is 6. The van der Waals surface area contributed by atoms with Gasteiger partial charge in [-0.1, -0.05) is 19.9 Å². The van der Waals surface area contributed by atoms with E-state index in [0.717, 1.165) is 5.56 Å². The van der Waals surface area contributed by atoms with E-state index in [0.29, 0.717) is 30.0 Å². The normalized spacial score (nSPS) is 21.0. The Morgan fingerprint density at radius 1 is 1.16 bits per heavy atom. The second-order valence-corrected chi connectivity index (χ2v) is 8.01. The molecule has 1 saturated carbocycles. The maximum atomic E-state index is 12.9. The second kappa shape index (κ2) is 10.4. The molecule has 1 aromatic heterocycles. The van der Waals surface area contributed by atoms with Gasteiger partial charge in [-0.25, -0.2) is 0 Å². The highest BCUT2D eigenvalue weighted by Gasteiger charge is 2.62. The van der Waals surface area contributed by atoms with Gasteiger partial charge < -0.3 is 21.1 Å². The van der Waals surface area contributed by atoms with E-state index >= 15 is 0 Å². The molecule has 2 atom stereocenters. The van der Waals surface area contributed by atoms with Crippen LogP contribution in [0.15, 0.2) is 42.7 Å². The molecule has 1 aliphatic carbocycles. The van der Waals surface area contributed by atoms with Gasteiger partial charge >= 0.3 is 0 Å². The van der Waals surface area contributed by atoms with Crippen LogP contribution in [0.5, 0.6) is 0 Å². The lowest BCUT2D eigenvalue weighted by atomic mass is 9.54. The molecular weight excluding hydrogens is 439 g/mol. The van der Waals surface area contributed by atoms with Gasteiger partial charge in [0.2, 0.25) is 5.91 Å². The number of nitrogens with two attached hydrogens (primary N) is 1. The summed E-state index contributed by atoms with van der Waals surface area (Å²) in [6.07, 6.45) is 3.55. The van der Waals surface area contributed by atoms with Crippen LogP contribution in [-0.4, -0.2) is 35.0 Å². The number of carbonyl (C=O) groups excluding carboxylic acids is 2. The van der Waals surface area contributed by atoms with Crippen LogP contribution in [-0.2, 0) is 9.53 Å².